The van der Waals surface area contributed by atoms with Crippen molar-refractivity contribution in [3.8, 4) is 0 Å². The summed E-state index contributed by atoms with van der Waals surface area (Å²) in [4.78, 5) is 10.2. The summed E-state index contributed by atoms with van der Waals surface area (Å²) in [6, 6.07) is 11.2. The first kappa shape index (κ1) is 15.0. The second kappa shape index (κ2) is 5.92. The SMILES string of the molecule is CCNc1ccc(S(=O)(=O)c2ccc([N+](=O)[O-])cc2)cc1. The molecule has 0 aliphatic heterocycles. The highest BCUT2D eigenvalue weighted by molar-refractivity contribution is 7.91. The van der Waals surface area contributed by atoms with Gasteiger partial charge in [0, 0.05) is 24.4 Å². The molecule has 21 heavy (non-hydrogen) atoms. The summed E-state index contributed by atoms with van der Waals surface area (Å²) in [7, 11) is -3.66. The van der Waals surface area contributed by atoms with Crippen LogP contribution in [0.2, 0.25) is 0 Å². The third-order valence-electron chi connectivity index (χ3n) is 2.90. The van der Waals surface area contributed by atoms with Crippen molar-refractivity contribution < 1.29 is 13.3 Å². The third-order valence-corrected chi connectivity index (χ3v) is 4.69. The van der Waals surface area contributed by atoms with Crippen molar-refractivity contribution in [3.63, 3.8) is 0 Å². The van der Waals surface area contributed by atoms with Gasteiger partial charge in [0.1, 0.15) is 0 Å². The lowest BCUT2D eigenvalue weighted by Crippen LogP contribution is -2.03. The molecule has 0 heterocycles. The first-order chi connectivity index (χ1) is 9.95. The fourth-order valence-corrected chi connectivity index (χ4v) is 3.10. The van der Waals surface area contributed by atoms with Crippen LogP contribution in [0.5, 0.6) is 0 Å². The second-order valence-electron chi connectivity index (χ2n) is 4.31. The summed E-state index contributed by atoms with van der Waals surface area (Å²) in [5.74, 6) is 0. The molecule has 0 radical (unpaired) electrons. The molecule has 0 bridgehead atoms. The predicted octanol–water partition coefficient (Wildman–Crippen LogP) is 2.86. The molecule has 0 aromatic heterocycles. The number of nitrogens with zero attached hydrogens (tertiary/aromatic N) is 1. The van der Waals surface area contributed by atoms with Crippen LogP contribution >= 0.6 is 0 Å². The summed E-state index contributed by atoms with van der Waals surface area (Å²) >= 11 is 0. The Labute approximate surface area is 122 Å². The lowest BCUT2D eigenvalue weighted by atomic mass is 10.3. The minimum absolute atomic E-state index is 0.0318. The molecule has 0 amide bonds. The van der Waals surface area contributed by atoms with Crippen molar-refractivity contribution in [3.05, 3.63) is 58.6 Å². The maximum Gasteiger partial charge on any atom is 0.269 e. The molecule has 6 nitrogen and oxygen atoms in total. The molecule has 0 aliphatic rings. The number of benzene rings is 2. The molecule has 7 heteroatoms. The van der Waals surface area contributed by atoms with Gasteiger partial charge >= 0.3 is 0 Å². The Morgan fingerprint density at radius 1 is 1.00 bits per heavy atom. The molecule has 0 spiro atoms. The topological polar surface area (TPSA) is 89.3 Å². The zero-order valence-corrected chi connectivity index (χ0v) is 12.1. The predicted molar refractivity (Wildman–Crippen MR) is 79.2 cm³/mol. The van der Waals surface area contributed by atoms with E-state index in [-0.39, 0.29) is 15.5 Å². The van der Waals surface area contributed by atoms with E-state index in [4.69, 9.17) is 0 Å². The van der Waals surface area contributed by atoms with E-state index in [9.17, 15) is 18.5 Å². The molecule has 0 saturated carbocycles. The van der Waals surface area contributed by atoms with Crippen LogP contribution in [-0.2, 0) is 9.84 Å². The van der Waals surface area contributed by atoms with Crippen LogP contribution in [0.3, 0.4) is 0 Å². The molecule has 0 fully saturated rings. The quantitative estimate of drug-likeness (QED) is 0.677. The first-order valence-electron chi connectivity index (χ1n) is 6.28. The van der Waals surface area contributed by atoms with Gasteiger partial charge in [0.25, 0.3) is 5.69 Å². The minimum atomic E-state index is -3.66. The van der Waals surface area contributed by atoms with Gasteiger partial charge in [-0.2, -0.15) is 0 Å². The van der Waals surface area contributed by atoms with Gasteiger partial charge < -0.3 is 5.32 Å². The Bertz CT molecular complexity index is 738. The maximum atomic E-state index is 12.4. The van der Waals surface area contributed by atoms with Crippen molar-refractivity contribution in [2.45, 2.75) is 16.7 Å². The molecular formula is C14H14N2O4S. The number of nitro benzene ring substituents is 1. The van der Waals surface area contributed by atoms with Crippen LogP contribution in [-0.4, -0.2) is 19.9 Å². The number of rotatable bonds is 5. The van der Waals surface area contributed by atoms with Gasteiger partial charge in [-0.25, -0.2) is 8.42 Å². The average Bonchev–Trinajstić information content (AvgIpc) is 2.48. The van der Waals surface area contributed by atoms with Crippen molar-refractivity contribution in [2.24, 2.45) is 0 Å². The van der Waals surface area contributed by atoms with Gasteiger partial charge in [-0.05, 0) is 43.3 Å². The molecule has 2 rings (SSSR count). The largest absolute Gasteiger partial charge is 0.385 e. The summed E-state index contributed by atoms with van der Waals surface area (Å²) in [6.07, 6.45) is 0. The highest BCUT2D eigenvalue weighted by Crippen LogP contribution is 2.24. The number of non-ortho nitro benzene ring substituents is 1. The molecule has 0 unspecified atom stereocenters. The Morgan fingerprint density at radius 2 is 1.48 bits per heavy atom. The molecule has 110 valence electrons. The monoisotopic (exact) mass is 306 g/mol. The van der Waals surface area contributed by atoms with Crippen LogP contribution in [0.1, 0.15) is 6.92 Å². The molecule has 2 aromatic rings. The average molecular weight is 306 g/mol. The van der Waals surface area contributed by atoms with Gasteiger partial charge in [-0.15, -0.1) is 0 Å². The number of hydrogen-bond donors (Lipinski definition) is 1. The number of anilines is 1. The fraction of sp³-hybridized carbons (Fsp3) is 0.143. The number of sulfone groups is 1. The smallest absolute Gasteiger partial charge is 0.269 e. The van der Waals surface area contributed by atoms with E-state index >= 15 is 0 Å². The molecule has 2 aromatic carbocycles. The van der Waals surface area contributed by atoms with Gasteiger partial charge in [0.2, 0.25) is 9.84 Å². The van der Waals surface area contributed by atoms with Gasteiger partial charge in [-0.1, -0.05) is 0 Å². The summed E-state index contributed by atoms with van der Waals surface area (Å²) in [5.41, 5.74) is 0.691. The summed E-state index contributed by atoms with van der Waals surface area (Å²) in [5, 5.41) is 13.7. The van der Waals surface area contributed by atoms with E-state index in [2.05, 4.69) is 5.32 Å². The van der Waals surface area contributed by atoms with Gasteiger partial charge in [0.05, 0.1) is 14.7 Å². The minimum Gasteiger partial charge on any atom is -0.385 e. The Hall–Kier alpha value is -2.41. The zero-order valence-electron chi connectivity index (χ0n) is 11.3. The highest BCUT2D eigenvalue weighted by atomic mass is 32.2. The molecule has 0 aliphatic carbocycles. The Kier molecular flexibility index (Phi) is 4.23. The number of hydrogen-bond acceptors (Lipinski definition) is 5. The highest BCUT2D eigenvalue weighted by Gasteiger charge is 2.18. The lowest BCUT2D eigenvalue weighted by molar-refractivity contribution is -0.384. The summed E-state index contributed by atoms with van der Waals surface area (Å²) < 4.78 is 24.8. The third kappa shape index (κ3) is 3.19. The maximum absolute atomic E-state index is 12.4. The van der Waals surface area contributed by atoms with Gasteiger partial charge in [0.15, 0.2) is 0 Å². The van der Waals surface area contributed by atoms with Crippen molar-refractivity contribution >= 4 is 21.2 Å². The molecule has 0 atom stereocenters. The number of nitro groups is 1. The standard InChI is InChI=1S/C14H14N2O4S/c1-2-15-11-3-7-13(8-4-11)21(19,20)14-9-5-12(6-10-14)16(17)18/h3-10,15H,2H2,1H3. The first-order valence-corrected chi connectivity index (χ1v) is 7.77. The van der Waals surface area contributed by atoms with Crippen LogP contribution < -0.4 is 5.32 Å². The zero-order chi connectivity index (χ0) is 15.5. The van der Waals surface area contributed by atoms with E-state index in [1.807, 2.05) is 6.92 Å². The van der Waals surface area contributed by atoms with E-state index in [1.54, 1.807) is 12.1 Å². The van der Waals surface area contributed by atoms with Crippen LogP contribution in [0.4, 0.5) is 11.4 Å². The Morgan fingerprint density at radius 3 is 1.90 bits per heavy atom. The van der Waals surface area contributed by atoms with Crippen molar-refractivity contribution in [1.29, 1.82) is 0 Å². The normalized spacial score (nSPS) is 11.1. The summed E-state index contributed by atoms with van der Waals surface area (Å²) in [6.45, 7) is 2.69. The van der Waals surface area contributed by atoms with Crippen LogP contribution in [0.15, 0.2) is 58.3 Å². The van der Waals surface area contributed by atoms with E-state index in [1.165, 1.54) is 36.4 Å². The van der Waals surface area contributed by atoms with Crippen LogP contribution in [0.25, 0.3) is 0 Å². The second-order valence-corrected chi connectivity index (χ2v) is 6.26. The van der Waals surface area contributed by atoms with Gasteiger partial charge in [-0.3, -0.25) is 10.1 Å². The number of nitrogens with one attached hydrogen (secondary N) is 1. The Balaban J connectivity index is 2.34. The lowest BCUT2D eigenvalue weighted by Gasteiger charge is -2.07. The van der Waals surface area contributed by atoms with E-state index in [0.717, 1.165) is 12.2 Å². The molecule has 1 N–H and O–H groups in total. The fourth-order valence-electron chi connectivity index (χ4n) is 1.84. The van der Waals surface area contributed by atoms with E-state index in [0.29, 0.717) is 0 Å². The van der Waals surface area contributed by atoms with Crippen molar-refractivity contribution in [2.75, 3.05) is 11.9 Å². The van der Waals surface area contributed by atoms with E-state index < -0.39 is 14.8 Å². The van der Waals surface area contributed by atoms with Crippen molar-refractivity contribution in [1.82, 2.24) is 0 Å². The molecular weight excluding hydrogens is 292 g/mol. The molecule has 0 saturated heterocycles. The van der Waals surface area contributed by atoms with Crippen LogP contribution in [0, 0.1) is 10.1 Å².